The molecule has 0 saturated carbocycles. The third-order valence-electron chi connectivity index (χ3n) is 4.40. The van der Waals surface area contributed by atoms with Crippen LogP contribution in [0.2, 0.25) is 0 Å². The van der Waals surface area contributed by atoms with Crippen molar-refractivity contribution >= 4 is 5.95 Å². The number of rotatable bonds is 4. The number of ether oxygens (including phenoxy) is 2. The van der Waals surface area contributed by atoms with Gasteiger partial charge in [-0.3, -0.25) is 4.98 Å². The van der Waals surface area contributed by atoms with E-state index in [2.05, 4.69) is 19.9 Å². The molecule has 2 fully saturated rings. The van der Waals surface area contributed by atoms with Crippen molar-refractivity contribution in [3.8, 4) is 0 Å². The molecule has 7 heteroatoms. The lowest BCUT2D eigenvalue weighted by Gasteiger charge is -2.21. The molecule has 2 aliphatic rings. The molecule has 0 amide bonds. The van der Waals surface area contributed by atoms with Crippen molar-refractivity contribution in [3.05, 3.63) is 48.3 Å². The van der Waals surface area contributed by atoms with Gasteiger partial charge in [0.2, 0.25) is 5.95 Å². The molecule has 2 saturated heterocycles. The zero-order chi connectivity index (χ0) is 15.6. The van der Waals surface area contributed by atoms with Crippen molar-refractivity contribution < 1.29 is 13.9 Å². The molecular weight excluding hydrogens is 299 g/mol. The first kappa shape index (κ1) is 14.5. The number of anilines is 1. The second-order valence-corrected chi connectivity index (χ2v) is 5.83. The van der Waals surface area contributed by atoms with E-state index in [0.717, 1.165) is 5.56 Å². The minimum Gasteiger partial charge on any atom is -0.379 e. The molecular formula is C16H17FN4O2. The summed E-state index contributed by atoms with van der Waals surface area (Å²) in [6.45, 7) is 2.49. The van der Waals surface area contributed by atoms with Crippen LogP contribution in [-0.2, 0) is 16.1 Å². The van der Waals surface area contributed by atoms with Crippen LogP contribution in [0.5, 0.6) is 0 Å². The van der Waals surface area contributed by atoms with Crippen molar-refractivity contribution in [1.29, 1.82) is 0 Å². The predicted octanol–water partition coefficient (Wildman–Crippen LogP) is 1.43. The molecule has 2 aromatic heterocycles. The lowest BCUT2D eigenvalue weighted by Crippen LogP contribution is -2.34. The maximum atomic E-state index is 13.0. The van der Waals surface area contributed by atoms with Gasteiger partial charge in [0.15, 0.2) is 5.82 Å². The Morgan fingerprint density at radius 3 is 2.91 bits per heavy atom. The van der Waals surface area contributed by atoms with E-state index in [1.807, 2.05) is 12.1 Å². The average Bonchev–Trinajstić information content (AvgIpc) is 3.18. The van der Waals surface area contributed by atoms with Crippen LogP contribution in [0.25, 0.3) is 0 Å². The van der Waals surface area contributed by atoms with E-state index < -0.39 is 5.82 Å². The Morgan fingerprint density at radius 1 is 1.26 bits per heavy atom. The fourth-order valence-corrected chi connectivity index (χ4v) is 3.25. The molecule has 4 heterocycles. The highest BCUT2D eigenvalue weighted by Crippen LogP contribution is 2.34. The number of aromatic nitrogens is 3. The molecule has 23 heavy (non-hydrogen) atoms. The van der Waals surface area contributed by atoms with Crippen LogP contribution in [0.3, 0.4) is 0 Å². The van der Waals surface area contributed by atoms with Gasteiger partial charge in [0.25, 0.3) is 0 Å². The highest BCUT2D eigenvalue weighted by atomic mass is 19.1. The van der Waals surface area contributed by atoms with Crippen LogP contribution in [0.4, 0.5) is 10.3 Å². The molecule has 0 unspecified atom stereocenters. The van der Waals surface area contributed by atoms with Crippen LogP contribution < -0.4 is 4.90 Å². The Hall–Kier alpha value is -2.12. The van der Waals surface area contributed by atoms with E-state index in [9.17, 15) is 4.39 Å². The summed E-state index contributed by atoms with van der Waals surface area (Å²) in [7, 11) is 0. The molecule has 120 valence electrons. The normalized spacial score (nSPS) is 26.5. The number of pyridine rings is 1. The summed E-state index contributed by atoms with van der Waals surface area (Å²) < 4.78 is 24.7. The van der Waals surface area contributed by atoms with Crippen molar-refractivity contribution in [1.82, 2.24) is 15.0 Å². The van der Waals surface area contributed by atoms with Crippen LogP contribution in [0.15, 0.2) is 36.9 Å². The standard InChI is InChI=1S/C16H17FN4O2/c17-12-5-19-16(20-6-12)21-7-15(13-9-22-10-14(13)21)23-8-11-2-1-3-18-4-11/h1-6,13-15H,7-10H2/t13-,14+,15-/m1/s1. The first-order valence-corrected chi connectivity index (χ1v) is 7.64. The largest absolute Gasteiger partial charge is 0.379 e. The number of fused-ring (bicyclic) bond motifs is 1. The zero-order valence-electron chi connectivity index (χ0n) is 12.5. The monoisotopic (exact) mass is 316 g/mol. The van der Waals surface area contributed by atoms with E-state index in [1.54, 1.807) is 12.4 Å². The molecule has 2 aliphatic heterocycles. The Morgan fingerprint density at radius 2 is 2.13 bits per heavy atom. The topological polar surface area (TPSA) is 60.4 Å². The first-order chi connectivity index (χ1) is 11.3. The number of nitrogens with zero attached hydrogens (tertiary/aromatic N) is 4. The smallest absolute Gasteiger partial charge is 0.225 e. The van der Waals surface area contributed by atoms with E-state index in [4.69, 9.17) is 9.47 Å². The molecule has 0 N–H and O–H groups in total. The fourth-order valence-electron chi connectivity index (χ4n) is 3.25. The van der Waals surface area contributed by atoms with Crippen LogP contribution in [-0.4, -0.2) is 46.9 Å². The van der Waals surface area contributed by atoms with E-state index in [1.165, 1.54) is 12.4 Å². The zero-order valence-corrected chi connectivity index (χ0v) is 12.5. The summed E-state index contributed by atoms with van der Waals surface area (Å²) >= 11 is 0. The summed E-state index contributed by atoms with van der Waals surface area (Å²) in [5.74, 6) is 0.372. The Labute approximate surface area is 133 Å². The van der Waals surface area contributed by atoms with Gasteiger partial charge in [0.05, 0.1) is 44.4 Å². The molecule has 3 atom stereocenters. The third-order valence-corrected chi connectivity index (χ3v) is 4.40. The minimum atomic E-state index is -0.434. The number of halogens is 1. The first-order valence-electron chi connectivity index (χ1n) is 7.64. The van der Waals surface area contributed by atoms with Gasteiger partial charge >= 0.3 is 0 Å². The van der Waals surface area contributed by atoms with E-state index >= 15 is 0 Å². The number of hydrogen-bond acceptors (Lipinski definition) is 6. The molecule has 6 nitrogen and oxygen atoms in total. The molecule has 0 aromatic carbocycles. The molecule has 0 radical (unpaired) electrons. The predicted molar refractivity (Wildman–Crippen MR) is 80.2 cm³/mol. The maximum Gasteiger partial charge on any atom is 0.225 e. The third kappa shape index (κ3) is 2.89. The van der Waals surface area contributed by atoms with Crippen molar-refractivity contribution in [3.63, 3.8) is 0 Å². The SMILES string of the molecule is Fc1cnc(N2C[C@@H](OCc3cccnc3)[C@@H]3COC[C@@H]32)nc1. The summed E-state index contributed by atoms with van der Waals surface area (Å²) in [5, 5.41) is 0. The average molecular weight is 316 g/mol. The Balaban J connectivity index is 1.47. The Kier molecular flexibility index (Phi) is 3.88. The van der Waals surface area contributed by atoms with Crippen LogP contribution in [0, 0.1) is 11.7 Å². The van der Waals surface area contributed by atoms with Crippen LogP contribution in [0.1, 0.15) is 5.56 Å². The summed E-state index contributed by atoms with van der Waals surface area (Å²) in [5.41, 5.74) is 1.04. The van der Waals surface area contributed by atoms with Gasteiger partial charge in [-0.25, -0.2) is 14.4 Å². The summed E-state index contributed by atoms with van der Waals surface area (Å²) in [6.07, 6.45) is 5.97. The van der Waals surface area contributed by atoms with Crippen molar-refractivity contribution in [2.24, 2.45) is 5.92 Å². The second kappa shape index (κ2) is 6.17. The van der Waals surface area contributed by atoms with Gasteiger partial charge in [-0.2, -0.15) is 0 Å². The van der Waals surface area contributed by atoms with Gasteiger partial charge < -0.3 is 14.4 Å². The summed E-state index contributed by atoms with van der Waals surface area (Å²) in [4.78, 5) is 14.3. The van der Waals surface area contributed by atoms with Gasteiger partial charge in [-0.1, -0.05) is 6.07 Å². The van der Waals surface area contributed by atoms with Crippen molar-refractivity contribution in [2.45, 2.75) is 18.8 Å². The highest BCUT2D eigenvalue weighted by molar-refractivity contribution is 5.35. The molecule has 0 aliphatic carbocycles. The van der Waals surface area contributed by atoms with E-state index in [0.29, 0.717) is 32.3 Å². The quantitative estimate of drug-likeness (QED) is 0.850. The van der Waals surface area contributed by atoms with E-state index in [-0.39, 0.29) is 18.1 Å². The van der Waals surface area contributed by atoms with Crippen molar-refractivity contribution in [2.75, 3.05) is 24.7 Å². The van der Waals surface area contributed by atoms with Gasteiger partial charge in [-0.05, 0) is 11.6 Å². The minimum absolute atomic E-state index is 0.0383. The van der Waals surface area contributed by atoms with Gasteiger partial charge in [0, 0.05) is 24.9 Å². The summed E-state index contributed by atoms with van der Waals surface area (Å²) in [6, 6.07) is 4.07. The molecule has 0 spiro atoms. The molecule has 4 rings (SSSR count). The molecule has 2 aromatic rings. The van der Waals surface area contributed by atoms with Gasteiger partial charge in [-0.15, -0.1) is 0 Å². The van der Waals surface area contributed by atoms with Gasteiger partial charge in [0.1, 0.15) is 0 Å². The second-order valence-electron chi connectivity index (χ2n) is 5.83. The fraction of sp³-hybridized carbons (Fsp3) is 0.438. The Bertz CT molecular complexity index is 655. The molecule has 0 bridgehead atoms. The number of hydrogen-bond donors (Lipinski definition) is 0. The lowest BCUT2D eigenvalue weighted by molar-refractivity contribution is 0.0159. The maximum absolute atomic E-state index is 13.0. The highest BCUT2D eigenvalue weighted by Gasteiger charge is 2.47. The van der Waals surface area contributed by atoms with Crippen LogP contribution >= 0.6 is 0 Å². The lowest BCUT2D eigenvalue weighted by atomic mass is 10.0.